The Hall–Kier alpha value is -1.12. The lowest BCUT2D eigenvalue weighted by atomic mass is 10.1. The number of aromatic nitrogens is 2. The van der Waals surface area contributed by atoms with Crippen LogP contribution in [0.3, 0.4) is 0 Å². The van der Waals surface area contributed by atoms with Crippen LogP contribution >= 0.6 is 0 Å². The number of carbonyl (C=O) groups is 1. The Morgan fingerprint density at radius 1 is 1.38 bits per heavy atom. The highest BCUT2D eigenvalue weighted by molar-refractivity contribution is 5.85. The van der Waals surface area contributed by atoms with Gasteiger partial charge in [0.1, 0.15) is 11.6 Å². The smallest absolute Gasteiger partial charge is 0.141 e. The zero-order valence-electron chi connectivity index (χ0n) is 9.99. The Kier molecular flexibility index (Phi) is 2.16. The van der Waals surface area contributed by atoms with Crippen LogP contribution in [-0.2, 0) is 18.3 Å². The van der Waals surface area contributed by atoms with Gasteiger partial charge in [-0.15, -0.1) is 0 Å². The highest BCUT2D eigenvalue weighted by Crippen LogP contribution is 2.42. The quantitative estimate of drug-likeness (QED) is 0.776. The minimum absolute atomic E-state index is 0.356. The number of carbonyl (C=O) groups excluding carboxylic acids is 1. The fraction of sp³-hybridized carbons (Fsp3) is 0.692. The third kappa shape index (κ3) is 1.68. The molecule has 3 heteroatoms. The summed E-state index contributed by atoms with van der Waals surface area (Å²) in [6, 6.07) is 0. The Morgan fingerprint density at radius 3 is 2.62 bits per heavy atom. The van der Waals surface area contributed by atoms with Crippen molar-refractivity contribution in [3.8, 4) is 0 Å². The van der Waals surface area contributed by atoms with Gasteiger partial charge in [0.15, 0.2) is 0 Å². The normalized spacial score (nSPS) is 20.1. The van der Waals surface area contributed by atoms with Crippen molar-refractivity contribution < 1.29 is 4.79 Å². The average molecular weight is 218 g/mol. The lowest BCUT2D eigenvalue weighted by Crippen LogP contribution is -2.07. The van der Waals surface area contributed by atoms with E-state index in [2.05, 4.69) is 16.6 Å². The summed E-state index contributed by atoms with van der Waals surface area (Å²) < 4.78 is 2.17. The van der Waals surface area contributed by atoms with Crippen LogP contribution in [0.15, 0.2) is 0 Å². The van der Waals surface area contributed by atoms with Crippen molar-refractivity contribution in [3.05, 3.63) is 17.2 Å². The van der Waals surface area contributed by atoms with Gasteiger partial charge in [-0.3, -0.25) is 4.79 Å². The summed E-state index contributed by atoms with van der Waals surface area (Å²) in [5.74, 6) is 2.48. The molecule has 0 saturated heterocycles. The molecule has 3 nitrogen and oxygen atoms in total. The molecule has 0 aromatic carbocycles. The topological polar surface area (TPSA) is 34.9 Å². The minimum Gasteiger partial charge on any atom is -0.335 e. The highest BCUT2D eigenvalue weighted by atomic mass is 16.1. The number of hydrogen-bond donors (Lipinski definition) is 0. The molecule has 0 unspecified atom stereocenters. The zero-order chi connectivity index (χ0) is 11.3. The van der Waals surface area contributed by atoms with Gasteiger partial charge in [0, 0.05) is 24.6 Å². The van der Waals surface area contributed by atoms with Gasteiger partial charge in [-0.25, -0.2) is 4.98 Å². The zero-order valence-corrected chi connectivity index (χ0v) is 9.99. The molecule has 1 aromatic heterocycles. The van der Waals surface area contributed by atoms with Crippen LogP contribution in [0.5, 0.6) is 0 Å². The van der Waals surface area contributed by atoms with Crippen LogP contribution in [-0.4, -0.2) is 15.3 Å². The third-order valence-electron chi connectivity index (χ3n) is 3.78. The summed E-state index contributed by atoms with van der Waals surface area (Å²) in [5.41, 5.74) is 2.38. The summed E-state index contributed by atoms with van der Waals surface area (Å²) >= 11 is 0. The van der Waals surface area contributed by atoms with E-state index in [1.807, 2.05) is 6.92 Å². The Labute approximate surface area is 95.9 Å². The Bertz CT molecular complexity index is 439. The van der Waals surface area contributed by atoms with Gasteiger partial charge in [-0.1, -0.05) is 0 Å². The van der Waals surface area contributed by atoms with Crippen molar-refractivity contribution in [1.29, 1.82) is 0 Å². The molecule has 86 valence electrons. The number of hydrogen-bond acceptors (Lipinski definition) is 2. The van der Waals surface area contributed by atoms with Crippen molar-refractivity contribution >= 4 is 5.78 Å². The highest BCUT2D eigenvalue weighted by Gasteiger charge is 2.34. The molecule has 1 aromatic rings. The molecule has 16 heavy (non-hydrogen) atoms. The number of Topliss-reactive ketones (excluding diaryl/α,β-unsaturated/α-hetero) is 1. The second-order valence-electron chi connectivity index (χ2n) is 5.24. The Morgan fingerprint density at radius 2 is 2.06 bits per heavy atom. The monoisotopic (exact) mass is 218 g/mol. The molecular weight excluding hydrogens is 200 g/mol. The molecule has 1 heterocycles. The van der Waals surface area contributed by atoms with Crippen molar-refractivity contribution in [2.45, 2.75) is 44.9 Å². The van der Waals surface area contributed by atoms with Gasteiger partial charge in [-0.05, 0) is 32.6 Å². The maximum absolute atomic E-state index is 11.8. The largest absolute Gasteiger partial charge is 0.335 e. The van der Waals surface area contributed by atoms with Crippen molar-refractivity contribution in [3.63, 3.8) is 0 Å². The molecule has 0 bridgehead atoms. The summed E-state index contributed by atoms with van der Waals surface area (Å²) in [5, 5.41) is 0. The summed E-state index contributed by atoms with van der Waals surface area (Å²) in [6.07, 6.45) is 5.30. The molecule has 0 aliphatic heterocycles. The molecule has 2 fully saturated rings. The van der Waals surface area contributed by atoms with E-state index in [1.165, 1.54) is 18.5 Å². The second-order valence-corrected chi connectivity index (χ2v) is 5.24. The van der Waals surface area contributed by atoms with E-state index in [4.69, 9.17) is 0 Å². The maximum atomic E-state index is 11.8. The maximum Gasteiger partial charge on any atom is 0.141 e. The van der Waals surface area contributed by atoms with Gasteiger partial charge < -0.3 is 4.57 Å². The molecule has 0 N–H and O–H groups in total. The molecule has 2 aliphatic rings. The molecule has 2 saturated carbocycles. The predicted molar refractivity (Wildman–Crippen MR) is 61.4 cm³/mol. The average Bonchev–Trinajstić information content (AvgIpc) is 3.12. The van der Waals surface area contributed by atoms with E-state index in [0.29, 0.717) is 24.0 Å². The SMILES string of the molecule is Cc1nc(CC(=O)C2CC2)c(C2CC2)n1C. The van der Waals surface area contributed by atoms with Crippen LogP contribution < -0.4 is 0 Å². The number of nitrogens with zero attached hydrogens (tertiary/aromatic N) is 2. The first-order chi connectivity index (χ1) is 7.66. The number of rotatable bonds is 4. The molecule has 0 spiro atoms. The van der Waals surface area contributed by atoms with Crippen LogP contribution in [0.1, 0.15) is 48.8 Å². The van der Waals surface area contributed by atoms with Gasteiger partial charge in [0.25, 0.3) is 0 Å². The van der Waals surface area contributed by atoms with E-state index in [1.54, 1.807) is 0 Å². The van der Waals surface area contributed by atoms with Gasteiger partial charge >= 0.3 is 0 Å². The van der Waals surface area contributed by atoms with E-state index < -0.39 is 0 Å². The molecule has 0 atom stereocenters. The van der Waals surface area contributed by atoms with E-state index in [0.717, 1.165) is 24.4 Å². The molecular formula is C13H18N2O. The van der Waals surface area contributed by atoms with Crippen LogP contribution in [0.25, 0.3) is 0 Å². The lowest BCUT2D eigenvalue weighted by Gasteiger charge is -2.04. The van der Waals surface area contributed by atoms with Gasteiger partial charge in [0.2, 0.25) is 0 Å². The first kappa shape index (κ1) is 10.1. The summed E-state index contributed by atoms with van der Waals surface area (Å²) in [4.78, 5) is 16.4. The van der Waals surface area contributed by atoms with E-state index in [-0.39, 0.29) is 0 Å². The second kappa shape index (κ2) is 3.44. The Balaban J connectivity index is 1.87. The van der Waals surface area contributed by atoms with Crippen LogP contribution in [0.2, 0.25) is 0 Å². The van der Waals surface area contributed by atoms with Gasteiger partial charge in [0.05, 0.1) is 12.1 Å². The lowest BCUT2D eigenvalue weighted by molar-refractivity contribution is -0.119. The molecule has 2 aliphatic carbocycles. The first-order valence-corrected chi connectivity index (χ1v) is 6.21. The number of ketones is 1. The predicted octanol–water partition coefficient (Wildman–Crippen LogP) is 2.13. The van der Waals surface area contributed by atoms with Crippen molar-refractivity contribution in [2.75, 3.05) is 0 Å². The van der Waals surface area contributed by atoms with Gasteiger partial charge in [-0.2, -0.15) is 0 Å². The van der Waals surface area contributed by atoms with E-state index >= 15 is 0 Å². The van der Waals surface area contributed by atoms with Crippen LogP contribution in [0.4, 0.5) is 0 Å². The molecule has 0 radical (unpaired) electrons. The summed E-state index contributed by atoms with van der Waals surface area (Å²) in [7, 11) is 2.07. The summed E-state index contributed by atoms with van der Waals surface area (Å²) in [6.45, 7) is 2.02. The fourth-order valence-corrected chi connectivity index (χ4v) is 2.41. The van der Waals surface area contributed by atoms with Crippen molar-refractivity contribution in [1.82, 2.24) is 9.55 Å². The fourth-order valence-electron chi connectivity index (χ4n) is 2.41. The van der Waals surface area contributed by atoms with E-state index in [9.17, 15) is 4.79 Å². The first-order valence-electron chi connectivity index (χ1n) is 6.21. The molecule has 0 amide bonds. The minimum atomic E-state index is 0.356. The standard InChI is InChI=1S/C13H18N2O/c1-8-14-11(7-12(16)9-3-4-9)13(15(8)2)10-5-6-10/h9-10H,3-7H2,1-2H3. The number of aryl methyl sites for hydroxylation is 1. The molecule has 3 rings (SSSR count). The third-order valence-corrected chi connectivity index (χ3v) is 3.78. The number of imidazole rings is 1. The van der Waals surface area contributed by atoms with Crippen molar-refractivity contribution in [2.24, 2.45) is 13.0 Å². The van der Waals surface area contributed by atoms with Crippen LogP contribution in [0, 0.1) is 12.8 Å².